The monoisotopic (exact) mass is 510 g/mol. The molecule has 5 rings (SSSR count). The number of likely N-dealkylation sites (tertiary alicyclic amines) is 2. The molecule has 8 nitrogen and oxygen atoms in total. The van der Waals surface area contributed by atoms with Crippen LogP contribution in [0.4, 0.5) is 0 Å². The first-order valence-electron chi connectivity index (χ1n) is 14.0. The molecule has 0 unspecified atom stereocenters. The molecule has 0 aromatic heterocycles. The minimum atomic E-state index is -0.402. The third kappa shape index (κ3) is 6.54. The zero-order valence-electron chi connectivity index (χ0n) is 22.1. The maximum atomic E-state index is 13.6. The number of carbonyl (C=O) groups is 2. The molecule has 4 aliphatic heterocycles. The van der Waals surface area contributed by atoms with Crippen LogP contribution in [-0.2, 0) is 16.1 Å². The van der Waals surface area contributed by atoms with Crippen LogP contribution >= 0.6 is 0 Å². The third-order valence-electron chi connectivity index (χ3n) is 8.72. The number of aliphatic hydroxyl groups excluding tert-OH is 1. The summed E-state index contributed by atoms with van der Waals surface area (Å²) >= 11 is 0. The van der Waals surface area contributed by atoms with Crippen molar-refractivity contribution in [3.8, 4) is 5.75 Å². The number of fused-ring (bicyclic) bond motifs is 3. The van der Waals surface area contributed by atoms with Crippen molar-refractivity contribution in [3.63, 3.8) is 0 Å². The average molecular weight is 511 g/mol. The Morgan fingerprint density at radius 2 is 1.84 bits per heavy atom. The molecule has 4 heterocycles. The Bertz CT molecular complexity index is 976. The molecule has 202 valence electrons. The van der Waals surface area contributed by atoms with Crippen LogP contribution in [0.2, 0.25) is 0 Å². The van der Waals surface area contributed by atoms with E-state index >= 15 is 0 Å². The fourth-order valence-electron chi connectivity index (χ4n) is 6.36. The van der Waals surface area contributed by atoms with E-state index in [9.17, 15) is 14.7 Å². The third-order valence-corrected chi connectivity index (χ3v) is 8.72. The van der Waals surface area contributed by atoms with Gasteiger partial charge in [0, 0.05) is 50.7 Å². The number of benzene rings is 1. The van der Waals surface area contributed by atoms with Crippen LogP contribution in [0.15, 0.2) is 36.4 Å². The molecular formula is C29H42N4O4. The molecule has 1 N–H and O–H groups in total. The highest BCUT2D eigenvalue weighted by molar-refractivity contribution is 5.79. The summed E-state index contributed by atoms with van der Waals surface area (Å²) in [6.45, 7) is 6.09. The highest BCUT2D eigenvalue weighted by Crippen LogP contribution is 2.31. The van der Waals surface area contributed by atoms with Crippen LogP contribution in [0.1, 0.15) is 37.7 Å². The second-order valence-corrected chi connectivity index (χ2v) is 11.3. The van der Waals surface area contributed by atoms with Gasteiger partial charge in [-0.05, 0) is 63.7 Å². The SMILES string of the molecule is CN1CCC(N2CC(=O)N3CC[C@@H](CC(=O)N4CC[C@@H](O)C4)[C@@H](/C=C/COc4ccccc4C2)C3)CC1. The fraction of sp³-hybridized carbons (Fsp3) is 0.655. The normalized spacial score (nSPS) is 29.6. The number of carbonyl (C=O) groups excluding carboxylic acids is 2. The van der Waals surface area contributed by atoms with Gasteiger partial charge in [-0.1, -0.05) is 30.4 Å². The first kappa shape index (κ1) is 26.2. The van der Waals surface area contributed by atoms with E-state index in [1.165, 1.54) is 0 Å². The van der Waals surface area contributed by atoms with Crippen molar-refractivity contribution in [3.05, 3.63) is 42.0 Å². The van der Waals surface area contributed by atoms with Crippen molar-refractivity contribution in [1.82, 2.24) is 19.6 Å². The van der Waals surface area contributed by atoms with Gasteiger partial charge in [-0.25, -0.2) is 0 Å². The van der Waals surface area contributed by atoms with Crippen molar-refractivity contribution in [2.75, 3.05) is 59.5 Å². The number of hydrogen-bond donors (Lipinski definition) is 1. The number of hydrogen-bond acceptors (Lipinski definition) is 6. The molecule has 0 radical (unpaired) electrons. The molecular weight excluding hydrogens is 468 g/mol. The van der Waals surface area contributed by atoms with Crippen molar-refractivity contribution in [2.45, 2.75) is 50.8 Å². The van der Waals surface area contributed by atoms with Crippen LogP contribution < -0.4 is 4.74 Å². The quantitative estimate of drug-likeness (QED) is 0.627. The molecule has 4 aliphatic rings. The van der Waals surface area contributed by atoms with Crippen LogP contribution in [0.5, 0.6) is 5.75 Å². The summed E-state index contributed by atoms with van der Waals surface area (Å²) in [7, 11) is 2.16. The van der Waals surface area contributed by atoms with Crippen molar-refractivity contribution in [2.24, 2.45) is 11.8 Å². The van der Waals surface area contributed by atoms with E-state index in [1.807, 2.05) is 23.1 Å². The molecule has 0 spiro atoms. The standard InChI is InChI=1S/C29H42N4O4/c1-30-12-9-25(10-13-30)33-19-24-5-2-3-7-27(24)37-16-4-6-23-18-31(29(36)21-33)14-8-22(23)17-28(35)32-15-11-26(34)20-32/h2-7,22-23,25-26,34H,8-21H2,1H3/b6-4+/t22-,23-,26+/m0/s1. The van der Waals surface area contributed by atoms with Gasteiger partial charge in [0.15, 0.2) is 0 Å². The van der Waals surface area contributed by atoms with Gasteiger partial charge in [0.05, 0.1) is 12.6 Å². The minimum Gasteiger partial charge on any atom is -0.489 e. The van der Waals surface area contributed by atoms with Crippen LogP contribution in [0, 0.1) is 11.8 Å². The molecule has 3 fully saturated rings. The van der Waals surface area contributed by atoms with Crippen molar-refractivity contribution < 1.29 is 19.4 Å². The minimum absolute atomic E-state index is 0.116. The van der Waals surface area contributed by atoms with E-state index in [0.717, 1.165) is 43.7 Å². The summed E-state index contributed by atoms with van der Waals surface area (Å²) in [6.07, 6.45) is 7.88. The number of piperidine rings is 2. The van der Waals surface area contributed by atoms with Gasteiger partial charge >= 0.3 is 0 Å². The number of nitrogens with zero attached hydrogens (tertiary/aromatic N) is 4. The lowest BCUT2D eigenvalue weighted by Crippen LogP contribution is -2.51. The first-order valence-corrected chi connectivity index (χ1v) is 14.0. The Morgan fingerprint density at radius 3 is 2.62 bits per heavy atom. The van der Waals surface area contributed by atoms with Gasteiger partial charge in [0.25, 0.3) is 0 Å². The van der Waals surface area contributed by atoms with E-state index in [1.54, 1.807) is 4.90 Å². The van der Waals surface area contributed by atoms with Gasteiger partial charge < -0.3 is 24.5 Å². The van der Waals surface area contributed by atoms with Gasteiger partial charge in [-0.3, -0.25) is 14.5 Å². The summed E-state index contributed by atoms with van der Waals surface area (Å²) in [5.41, 5.74) is 1.12. The smallest absolute Gasteiger partial charge is 0.236 e. The number of para-hydroxylation sites is 1. The largest absolute Gasteiger partial charge is 0.489 e. The lowest BCUT2D eigenvalue weighted by Gasteiger charge is -2.40. The molecule has 8 heteroatoms. The Balaban J connectivity index is 1.34. The lowest BCUT2D eigenvalue weighted by molar-refractivity contribution is -0.136. The number of amides is 2. The Hall–Kier alpha value is -2.42. The zero-order valence-corrected chi connectivity index (χ0v) is 22.1. The predicted octanol–water partition coefficient (Wildman–Crippen LogP) is 1.98. The number of β-amino-alcohol motifs (C(OH)–C–C–N with tert-alkyl or cyclic N) is 1. The molecule has 2 bridgehead atoms. The van der Waals surface area contributed by atoms with Crippen molar-refractivity contribution in [1.29, 1.82) is 0 Å². The van der Waals surface area contributed by atoms with Gasteiger partial charge in [0.1, 0.15) is 12.4 Å². The van der Waals surface area contributed by atoms with Gasteiger partial charge in [0.2, 0.25) is 11.8 Å². The summed E-state index contributed by atoms with van der Waals surface area (Å²) in [5, 5.41) is 9.85. The maximum Gasteiger partial charge on any atom is 0.236 e. The van der Waals surface area contributed by atoms with Crippen LogP contribution in [0.3, 0.4) is 0 Å². The fourth-order valence-corrected chi connectivity index (χ4v) is 6.36. The predicted molar refractivity (Wildman–Crippen MR) is 142 cm³/mol. The number of aliphatic hydroxyl groups is 1. The average Bonchev–Trinajstić information content (AvgIpc) is 3.34. The van der Waals surface area contributed by atoms with Crippen molar-refractivity contribution >= 4 is 11.8 Å². The van der Waals surface area contributed by atoms with E-state index < -0.39 is 6.10 Å². The molecule has 3 saturated heterocycles. The lowest BCUT2D eigenvalue weighted by atomic mass is 9.82. The topological polar surface area (TPSA) is 76.6 Å². The maximum absolute atomic E-state index is 13.6. The first-order chi connectivity index (χ1) is 18.0. The Morgan fingerprint density at radius 1 is 1.03 bits per heavy atom. The summed E-state index contributed by atoms with van der Waals surface area (Å²) < 4.78 is 6.20. The molecule has 1 aromatic rings. The van der Waals surface area contributed by atoms with Gasteiger partial charge in [-0.15, -0.1) is 0 Å². The summed E-state index contributed by atoms with van der Waals surface area (Å²) in [5.74, 6) is 1.48. The van der Waals surface area contributed by atoms with E-state index in [4.69, 9.17) is 4.74 Å². The molecule has 37 heavy (non-hydrogen) atoms. The molecule has 3 atom stereocenters. The van der Waals surface area contributed by atoms with E-state index in [0.29, 0.717) is 64.8 Å². The second-order valence-electron chi connectivity index (χ2n) is 11.3. The summed E-state index contributed by atoms with van der Waals surface area (Å²) in [4.78, 5) is 35.1. The van der Waals surface area contributed by atoms with Gasteiger partial charge in [-0.2, -0.15) is 0 Å². The molecule has 0 saturated carbocycles. The van der Waals surface area contributed by atoms with Crippen LogP contribution in [0.25, 0.3) is 0 Å². The molecule has 0 aliphatic carbocycles. The Kier molecular flexibility index (Phi) is 8.47. The molecule has 2 amide bonds. The summed E-state index contributed by atoms with van der Waals surface area (Å²) in [6, 6.07) is 8.55. The van der Waals surface area contributed by atoms with E-state index in [-0.39, 0.29) is 23.7 Å². The van der Waals surface area contributed by atoms with Crippen LogP contribution in [-0.4, -0.2) is 108 Å². The zero-order chi connectivity index (χ0) is 25.8. The highest BCUT2D eigenvalue weighted by atomic mass is 16.5. The highest BCUT2D eigenvalue weighted by Gasteiger charge is 2.35. The number of ether oxygens (including phenoxy) is 1. The van der Waals surface area contributed by atoms with E-state index in [2.05, 4.69) is 35.1 Å². The number of rotatable bonds is 3. The molecule has 1 aromatic carbocycles. The Labute approximate surface area is 220 Å². The second kappa shape index (κ2) is 12.0.